The second kappa shape index (κ2) is 14.6. The first-order valence-electron chi connectivity index (χ1n) is 13.4. The molecule has 42 heavy (non-hydrogen) atoms. The van der Waals surface area contributed by atoms with Crippen LogP contribution in [0.3, 0.4) is 0 Å². The molecule has 0 unspecified atom stereocenters. The number of thiophene rings is 1. The number of carbonyl (C=O) groups excluding carboxylic acids is 3. The van der Waals surface area contributed by atoms with E-state index in [-0.39, 0.29) is 19.2 Å². The first-order chi connectivity index (χ1) is 20.4. The van der Waals surface area contributed by atoms with Gasteiger partial charge < -0.3 is 34.3 Å². The third-order valence-electron chi connectivity index (χ3n) is 6.79. The summed E-state index contributed by atoms with van der Waals surface area (Å²) in [5, 5.41) is 7.41. The second-order valence-corrected chi connectivity index (χ2v) is 10.3. The summed E-state index contributed by atoms with van der Waals surface area (Å²) in [6.07, 6.45) is 1.62. The summed E-state index contributed by atoms with van der Waals surface area (Å²) in [4.78, 5) is 42.6. The number of amides is 3. The molecule has 1 aliphatic rings. The fraction of sp³-hybridized carbons (Fsp3) is 0.367. The number of hydrogen-bond donors (Lipinski definition) is 2. The van der Waals surface area contributed by atoms with E-state index >= 15 is 0 Å². The molecular formula is C30H35N3O8S. The molecule has 2 heterocycles. The van der Waals surface area contributed by atoms with Crippen LogP contribution in [0.2, 0.25) is 0 Å². The smallest absolute Gasteiger partial charge is 0.261 e. The van der Waals surface area contributed by atoms with Gasteiger partial charge in [0.25, 0.3) is 5.91 Å². The zero-order valence-corrected chi connectivity index (χ0v) is 24.8. The van der Waals surface area contributed by atoms with Crippen molar-refractivity contribution in [1.82, 2.24) is 10.6 Å². The van der Waals surface area contributed by atoms with Crippen LogP contribution >= 0.6 is 11.3 Å². The standard InChI is InChI=1S/C30H35N3O8S/c1-37-22-14-20(15-23(16-22)38-2)33(27(34)18-32-29(35)26-8-6-12-42-26)28(30(36)31-17-21-7-5-11-41-21)19-9-10-24(39-3)25(13-19)40-4/h6,8-10,12-16,21,28H,5,7,11,17-18H2,1-4H3,(H,31,36)(H,32,35)/t21-,28+/m0/s1. The molecular weight excluding hydrogens is 562 g/mol. The Morgan fingerprint density at radius 2 is 1.69 bits per heavy atom. The van der Waals surface area contributed by atoms with Gasteiger partial charge in [-0.25, -0.2) is 0 Å². The molecule has 3 amide bonds. The Bertz CT molecular complexity index is 1350. The van der Waals surface area contributed by atoms with Crippen molar-refractivity contribution in [2.24, 2.45) is 0 Å². The normalized spacial score (nSPS) is 14.9. The van der Waals surface area contributed by atoms with E-state index in [1.807, 2.05) is 0 Å². The first-order valence-corrected chi connectivity index (χ1v) is 14.2. The number of benzene rings is 2. The molecule has 224 valence electrons. The van der Waals surface area contributed by atoms with Crippen molar-refractivity contribution in [1.29, 1.82) is 0 Å². The second-order valence-electron chi connectivity index (χ2n) is 9.39. The largest absolute Gasteiger partial charge is 0.497 e. The van der Waals surface area contributed by atoms with Crippen LogP contribution in [0.25, 0.3) is 0 Å². The summed E-state index contributed by atoms with van der Waals surface area (Å²) in [6.45, 7) is 0.540. The van der Waals surface area contributed by atoms with E-state index in [9.17, 15) is 14.4 Å². The summed E-state index contributed by atoms with van der Waals surface area (Å²) in [5.74, 6) is 0.287. The maximum atomic E-state index is 14.0. The maximum absolute atomic E-state index is 14.0. The molecule has 3 aromatic rings. The molecule has 12 heteroatoms. The minimum atomic E-state index is -1.17. The van der Waals surface area contributed by atoms with E-state index in [1.165, 1.54) is 44.7 Å². The molecule has 2 atom stereocenters. The molecule has 0 saturated carbocycles. The molecule has 1 aromatic heterocycles. The average Bonchev–Trinajstić information content (AvgIpc) is 3.75. The van der Waals surface area contributed by atoms with Gasteiger partial charge >= 0.3 is 0 Å². The van der Waals surface area contributed by atoms with Crippen molar-refractivity contribution in [3.05, 3.63) is 64.4 Å². The zero-order chi connectivity index (χ0) is 30.1. The molecule has 1 saturated heterocycles. The highest BCUT2D eigenvalue weighted by molar-refractivity contribution is 7.12. The Kier molecular flexibility index (Phi) is 10.6. The minimum absolute atomic E-state index is 0.119. The summed E-state index contributed by atoms with van der Waals surface area (Å²) in [6, 6.07) is 12.2. The Morgan fingerprint density at radius 3 is 2.29 bits per heavy atom. The van der Waals surface area contributed by atoms with E-state index in [0.717, 1.165) is 12.8 Å². The van der Waals surface area contributed by atoms with Gasteiger partial charge in [-0.3, -0.25) is 19.3 Å². The van der Waals surface area contributed by atoms with E-state index in [2.05, 4.69) is 10.6 Å². The van der Waals surface area contributed by atoms with Crippen molar-refractivity contribution in [3.8, 4) is 23.0 Å². The number of methoxy groups -OCH3 is 4. The van der Waals surface area contributed by atoms with Gasteiger partial charge in [-0.15, -0.1) is 11.3 Å². The quantitative estimate of drug-likeness (QED) is 0.307. The van der Waals surface area contributed by atoms with E-state index in [0.29, 0.717) is 45.7 Å². The van der Waals surface area contributed by atoms with Crippen LogP contribution in [-0.2, 0) is 14.3 Å². The number of rotatable bonds is 13. The van der Waals surface area contributed by atoms with Gasteiger partial charge in [0.15, 0.2) is 11.5 Å². The lowest BCUT2D eigenvalue weighted by Gasteiger charge is -2.32. The summed E-state index contributed by atoms with van der Waals surface area (Å²) < 4.78 is 27.5. The Balaban J connectivity index is 1.78. The highest BCUT2D eigenvalue weighted by Crippen LogP contribution is 2.37. The van der Waals surface area contributed by atoms with Crippen molar-refractivity contribution in [2.45, 2.75) is 25.0 Å². The highest BCUT2D eigenvalue weighted by atomic mass is 32.1. The first kappa shape index (κ1) is 30.7. The Morgan fingerprint density at radius 1 is 0.952 bits per heavy atom. The number of carbonyl (C=O) groups is 3. The summed E-state index contributed by atoms with van der Waals surface area (Å²) in [7, 11) is 5.99. The fourth-order valence-electron chi connectivity index (χ4n) is 4.66. The Labute approximate surface area is 248 Å². The van der Waals surface area contributed by atoms with Crippen molar-refractivity contribution in [3.63, 3.8) is 0 Å². The number of anilines is 1. The maximum Gasteiger partial charge on any atom is 0.261 e. The lowest BCUT2D eigenvalue weighted by Crippen LogP contribution is -2.48. The van der Waals surface area contributed by atoms with Crippen LogP contribution in [0, 0.1) is 0 Å². The van der Waals surface area contributed by atoms with Crippen LogP contribution < -0.4 is 34.5 Å². The lowest BCUT2D eigenvalue weighted by atomic mass is 10.0. The molecule has 1 aliphatic heterocycles. The van der Waals surface area contributed by atoms with Gasteiger partial charge in [-0.1, -0.05) is 12.1 Å². The molecule has 0 radical (unpaired) electrons. The Hall–Kier alpha value is -4.29. The van der Waals surface area contributed by atoms with Crippen LogP contribution in [0.4, 0.5) is 5.69 Å². The van der Waals surface area contributed by atoms with Crippen LogP contribution in [0.1, 0.15) is 34.1 Å². The van der Waals surface area contributed by atoms with Crippen molar-refractivity contribution >= 4 is 34.7 Å². The monoisotopic (exact) mass is 597 g/mol. The van der Waals surface area contributed by atoms with Gasteiger partial charge in [0.05, 0.1) is 51.7 Å². The minimum Gasteiger partial charge on any atom is -0.497 e. The molecule has 1 fully saturated rings. The molecule has 0 aliphatic carbocycles. The van der Waals surface area contributed by atoms with Crippen LogP contribution in [-0.4, -0.2) is 72.0 Å². The molecule has 2 aromatic carbocycles. The third-order valence-corrected chi connectivity index (χ3v) is 7.65. The van der Waals surface area contributed by atoms with Gasteiger partial charge in [-0.2, -0.15) is 0 Å². The summed E-state index contributed by atoms with van der Waals surface area (Å²) in [5.41, 5.74) is 0.783. The van der Waals surface area contributed by atoms with Crippen LogP contribution in [0.5, 0.6) is 23.0 Å². The number of hydrogen-bond acceptors (Lipinski definition) is 9. The van der Waals surface area contributed by atoms with E-state index in [1.54, 1.807) is 53.9 Å². The van der Waals surface area contributed by atoms with Crippen LogP contribution in [0.15, 0.2) is 53.9 Å². The number of nitrogens with zero attached hydrogens (tertiary/aromatic N) is 1. The predicted molar refractivity (Wildman–Crippen MR) is 158 cm³/mol. The van der Waals surface area contributed by atoms with Crippen molar-refractivity contribution < 1.29 is 38.1 Å². The predicted octanol–water partition coefficient (Wildman–Crippen LogP) is 3.58. The molecule has 4 rings (SSSR count). The average molecular weight is 598 g/mol. The van der Waals surface area contributed by atoms with Gasteiger partial charge in [0, 0.05) is 31.4 Å². The summed E-state index contributed by atoms with van der Waals surface area (Å²) >= 11 is 1.26. The fourth-order valence-corrected chi connectivity index (χ4v) is 5.30. The van der Waals surface area contributed by atoms with E-state index in [4.69, 9.17) is 23.7 Å². The topological polar surface area (TPSA) is 125 Å². The SMILES string of the molecule is COc1cc(OC)cc(N(C(=O)CNC(=O)c2cccs2)[C@@H](C(=O)NC[C@@H]2CCCO2)c2ccc(OC)c(OC)c2)c1. The van der Waals surface area contributed by atoms with Crippen molar-refractivity contribution in [2.75, 3.05) is 53.0 Å². The third kappa shape index (κ3) is 7.31. The number of nitrogens with one attached hydrogen (secondary N) is 2. The van der Waals surface area contributed by atoms with Gasteiger partial charge in [0.1, 0.15) is 17.5 Å². The van der Waals surface area contributed by atoms with Gasteiger partial charge in [-0.05, 0) is 42.0 Å². The molecule has 2 N–H and O–H groups in total. The zero-order valence-electron chi connectivity index (χ0n) is 24.0. The van der Waals surface area contributed by atoms with E-state index < -0.39 is 23.8 Å². The number of ether oxygens (including phenoxy) is 5. The molecule has 0 bridgehead atoms. The molecule has 11 nitrogen and oxygen atoms in total. The molecule has 0 spiro atoms. The lowest BCUT2D eigenvalue weighted by molar-refractivity contribution is -0.126. The highest BCUT2D eigenvalue weighted by Gasteiger charge is 2.35. The van der Waals surface area contributed by atoms with Gasteiger partial charge in [0.2, 0.25) is 11.8 Å².